The highest BCUT2D eigenvalue weighted by atomic mass is 31.2. The van der Waals surface area contributed by atoms with Gasteiger partial charge in [0.25, 0.3) is 0 Å². The van der Waals surface area contributed by atoms with Crippen molar-refractivity contribution in [2.45, 2.75) is 18.9 Å². The van der Waals surface area contributed by atoms with Gasteiger partial charge in [-0.15, -0.1) is 4.91 Å². The third kappa shape index (κ3) is 5.46. The summed E-state index contributed by atoms with van der Waals surface area (Å²) in [7, 11) is -3.94. The number of nitrogens with two attached hydrogens (primary N) is 1. The molecule has 4 N–H and O–H groups in total. The molecule has 2 atom stereocenters. The third-order valence-electron chi connectivity index (χ3n) is 1.41. The van der Waals surface area contributed by atoms with Gasteiger partial charge < -0.3 is 15.7 Å². The molecule has 13 heavy (non-hydrogen) atoms. The van der Waals surface area contributed by atoms with Gasteiger partial charge in [0.1, 0.15) is 6.04 Å². The Bertz CT molecular complexity index is 243. The van der Waals surface area contributed by atoms with E-state index in [1.54, 1.807) is 0 Å². The fourth-order valence-electron chi connectivity index (χ4n) is 0.681. The maximum Gasteiger partial charge on any atom is 0.350 e. The molecule has 0 amide bonds. The third-order valence-corrected chi connectivity index (χ3v) is 2.56. The van der Waals surface area contributed by atoms with Crippen molar-refractivity contribution in [1.82, 2.24) is 0 Å². The maximum absolute atomic E-state index is 10.6. The number of carboxylic acids is 1. The van der Waals surface area contributed by atoms with Gasteiger partial charge in [0.15, 0.2) is 0 Å². The van der Waals surface area contributed by atoms with E-state index in [0.717, 1.165) is 0 Å². The normalized spacial score (nSPS) is 17.4. The Morgan fingerprint density at radius 2 is 2.15 bits per heavy atom. The quantitative estimate of drug-likeness (QED) is 0.422. The van der Waals surface area contributed by atoms with Crippen LogP contribution in [-0.2, 0) is 9.36 Å². The van der Waals surface area contributed by atoms with Crippen LogP contribution in [0.3, 0.4) is 0 Å². The number of carboxylic acid groups (broad SMARTS) is 1. The van der Waals surface area contributed by atoms with E-state index >= 15 is 0 Å². The van der Waals surface area contributed by atoms with Crippen LogP contribution < -0.4 is 5.73 Å². The molecule has 8 heteroatoms. The van der Waals surface area contributed by atoms with E-state index < -0.39 is 19.5 Å². The molecule has 0 aliphatic rings. The molecule has 0 saturated heterocycles. The molecule has 0 rings (SSSR count). The molecule has 0 aromatic rings. The van der Waals surface area contributed by atoms with Gasteiger partial charge in [-0.3, -0.25) is 9.36 Å². The van der Waals surface area contributed by atoms with Crippen LogP contribution in [0.4, 0.5) is 0 Å². The first-order valence-electron chi connectivity index (χ1n) is 3.54. The molecule has 76 valence electrons. The Morgan fingerprint density at radius 3 is 2.54 bits per heavy atom. The highest BCUT2D eigenvalue weighted by Crippen LogP contribution is 2.42. The van der Waals surface area contributed by atoms with Crippen LogP contribution in [0.25, 0.3) is 0 Å². The summed E-state index contributed by atoms with van der Waals surface area (Å²) >= 11 is 0. The lowest BCUT2D eigenvalue weighted by molar-refractivity contribution is -0.138. The molecular formula is C5H11N2O5P. The predicted octanol–water partition coefficient (Wildman–Crippen LogP) is 0.130. The Hall–Kier alpha value is -0.780. The minimum Gasteiger partial charge on any atom is -0.480 e. The zero-order valence-electron chi connectivity index (χ0n) is 6.79. The van der Waals surface area contributed by atoms with Crippen LogP contribution in [0, 0.1) is 4.91 Å². The zero-order chi connectivity index (χ0) is 10.5. The van der Waals surface area contributed by atoms with Crippen molar-refractivity contribution in [3.63, 3.8) is 0 Å². The summed E-state index contributed by atoms with van der Waals surface area (Å²) in [6.45, 7) is 0. The van der Waals surface area contributed by atoms with Gasteiger partial charge in [-0.05, 0) is 12.8 Å². The summed E-state index contributed by atoms with van der Waals surface area (Å²) in [6, 6.07) is -1.06. The fourth-order valence-corrected chi connectivity index (χ4v) is 1.36. The first-order valence-corrected chi connectivity index (χ1v) is 5.34. The van der Waals surface area contributed by atoms with Gasteiger partial charge >= 0.3 is 13.5 Å². The van der Waals surface area contributed by atoms with Crippen LogP contribution in [0.2, 0.25) is 0 Å². The number of nitrogens with zero attached hydrogens (tertiary/aromatic N) is 1. The van der Waals surface area contributed by atoms with E-state index in [1.165, 1.54) is 0 Å². The largest absolute Gasteiger partial charge is 0.480 e. The van der Waals surface area contributed by atoms with E-state index in [9.17, 15) is 14.3 Å². The predicted molar refractivity (Wildman–Crippen MR) is 45.3 cm³/mol. The van der Waals surface area contributed by atoms with Gasteiger partial charge in [0.2, 0.25) is 0 Å². The van der Waals surface area contributed by atoms with Crippen LogP contribution in [-0.4, -0.2) is 28.2 Å². The molecule has 0 saturated carbocycles. The van der Waals surface area contributed by atoms with E-state index in [4.69, 9.17) is 15.7 Å². The van der Waals surface area contributed by atoms with E-state index in [1.807, 2.05) is 4.95 Å². The lowest BCUT2D eigenvalue weighted by atomic mass is 10.2. The minimum absolute atomic E-state index is 0.0510. The smallest absolute Gasteiger partial charge is 0.350 e. The van der Waals surface area contributed by atoms with Gasteiger partial charge in [-0.1, -0.05) is 0 Å². The lowest BCUT2D eigenvalue weighted by Gasteiger charge is -2.05. The van der Waals surface area contributed by atoms with Crippen LogP contribution in [0.1, 0.15) is 12.8 Å². The number of nitroso groups, excluding NO2 is 1. The molecule has 0 bridgehead atoms. The van der Waals surface area contributed by atoms with Gasteiger partial charge in [0.05, 0.1) is 0 Å². The van der Waals surface area contributed by atoms with E-state index in [-0.39, 0.29) is 19.0 Å². The van der Waals surface area contributed by atoms with E-state index in [2.05, 4.69) is 0 Å². The van der Waals surface area contributed by atoms with Crippen molar-refractivity contribution in [3.05, 3.63) is 4.91 Å². The first kappa shape index (κ1) is 12.2. The molecule has 1 unspecified atom stereocenters. The molecule has 0 aromatic heterocycles. The van der Waals surface area contributed by atoms with Crippen LogP contribution in [0.5, 0.6) is 0 Å². The highest BCUT2D eigenvalue weighted by molar-refractivity contribution is 7.56. The SMILES string of the molecule is N[C@@H](CCCP(=O)(O)N=O)C(=O)O. The zero-order valence-corrected chi connectivity index (χ0v) is 7.68. The highest BCUT2D eigenvalue weighted by Gasteiger charge is 2.19. The minimum atomic E-state index is -3.94. The molecule has 0 aliphatic carbocycles. The first-order chi connectivity index (χ1) is 5.89. The van der Waals surface area contributed by atoms with Crippen LogP contribution >= 0.6 is 7.52 Å². The van der Waals surface area contributed by atoms with Crippen LogP contribution in [0.15, 0.2) is 4.95 Å². The van der Waals surface area contributed by atoms with Gasteiger partial charge in [0, 0.05) is 11.1 Å². The Kier molecular flexibility index (Phi) is 4.76. The Labute approximate surface area is 74.4 Å². The van der Waals surface area contributed by atoms with Crippen molar-refractivity contribution < 1.29 is 19.4 Å². The number of aliphatic carboxylic acids is 1. The second-order valence-electron chi connectivity index (χ2n) is 2.56. The van der Waals surface area contributed by atoms with Gasteiger partial charge in [-0.2, -0.15) is 0 Å². The number of hydrogen-bond donors (Lipinski definition) is 3. The summed E-state index contributed by atoms with van der Waals surface area (Å²) < 4.78 is 10.6. The second-order valence-corrected chi connectivity index (χ2v) is 4.50. The van der Waals surface area contributed by atoms with Crippen molar-refractivity contribution in [2.75, 3.05) is 6.16 Å². The second kappa shape index (κ2) is 5.06. The Morgan fingerprint density at radius 1 is 1.62 bits per heavy atom. The van der Waals surface area contributed by atoms with E-state index in [0.29, 0.717) is 0 Å². The molecule has 0 aliphatic heterocycles. The molecule has 0 aromatic carbocycles. The Balaban J connectivity index is 3.74. The van der Waals surface area contributed by atoms with Crippen molar-refractivity contribution in [2.24, 2.45) is 10.7 Å². The number of hydrogen-bond acceptors (Lipinski definition) is 4. The lowest BCUT2D eigenvalue weighted by Crippen LogP contribution is -2.29. The maximum atomic E-state index is 10.6. The average Bonchev–Trinajstić information content (AvgIpc) is 2.04. The monoisotopic (exact) mass is 210 g/mol. The standard InChI is InChI=1S/C5H11N2O5P/c6-4(5(8)9)2-1-3-13(11,12)7-10/h4H,1-3,6H2,(H,8,9)(H,11,12)/t4-/m0/s1. The molecule has 0 heterocycles. The summed E-state index contributed by atoms with van der Waals surface area (Å²) in [5.41, 5.74) is 5.11. The summed E-state index contributed by atoms with van der Waals surface area (Å²) in [4.78, 5) is 30.6. The fraction of sp³-hybridized carbons (Fsp3) is 0.800. The van der Waals surface area contributed by atoms with Crippen molar-refractivity contribution >= 4 is 13.5 Å². The number of rotatable bonds is 6. The van der Waals surface area contributed by atoms with Crippen molar-refractivity contribution in [1.29, 1.82) is 0 Å². The molecular weight excluding hydrogens is 199 g/mol. The summed E-state index contributed by atoms with van der Waals surface area (Å²) in [6.07, 6.45) is -0.181. The summed E-state index contributed by atoms with van der Waals surface area (Å²) in [5.74, 6) is -1.17. The average molecular weight is 210 g/mol. The number of carbonyl (C=O) groups is 1. The molecule has 7 nitrogen and oxygen atoms in total. The summed E-state index contributed by atoms with van der Waals surface area (Å²) in [5, 5.41) is 8.33. The van der Waals surface area contributed by atoms with Crippen molar-refractivity contribution in [3.8, 4) is 0 Å². The molecule has 0 radical (unpaired) electrons. The molecule has 0 fully saturated rings. The molecule has 0 spiro atoms. The topological polar surface area (TPSA) is 130 Å². The van der Waals surface area contributed by atoms with Gasteiger partial charge in [-0.25, -0.2) is 0 Å².